The number of halogens is 1. The summed E-state index contributed by atoms with van der Waals surface area (Å²) in [7, 11) is 1.54. The maximum atomic E-state index is 13.8. The molecule has 17 heavy (non-hydrogen) atoms. The molecule has 1 aromatic carbocycles. The number of methoxy groups -OCH3 is 1. The molecule has 0 aliphatic carbocycles. The van der Waals surface area contributed by atoms with Crippen LogP contribution in [-0.2, 0) is 5.75 Å². The van der Waals surface area contributed by atoms with Crippen molar-refractivity contribution in [3.05, 3.63) is 29.1 Å². The second-order valence-electron chi connectivity index (χ2n) is 4.44. The Kier molecular flexibility index (Phi) is 3.43. The van der Waals surface area contributed by atoms with Gasteiger partial charge in [-0.15, -0.1) is 11.8 Å². The van der Waals surface area contributed by atoms with Crippen LogP contribution in [0.1, 0.15) is 29.8 Å². The van der Waals surface area contributed by atoms with E-state index in [9.17, 15) is 9.18 Å². The van der Waals surface area contributed by atoms with E-state index in [1.54, 1.807) is 17.8 Å². The number of ether oxygens (including phenoxy) is 1. The molecular weight excluding hydrogens is 239 g/mol. The molecule has 0 radical (unpaired) electrons. The molecule has 1 aliphatic heterocycles. The zero-order valence-electron chi connectivity index (χ0n) is 10.1. The highest BCUT2D eigenvalue weighted by atomic mass is 32.2. The fourth-order valence-corrected chi connectivity index (χ4v) is 3.37. The maximum absolute atomic E-state index is 13.8. The van der Waals surface area contributed by atoms with Gasteiger partial charge in [0.2, 0.25) is 0 Å². The van der Waals surface area contributed by atoms with Crippen LogP contribution in [0.3, 0.4) is 0 Å². The molecule has 4 heteroatoms. The third-order valence-electron chi connectivity index (χ3n) is 2.96. The zero-order chi connectivity index (χ0) is 12.6. The zero-order valence-corrected chi connectivity index (χ0v) is 10.9. The molecule has 1 aliphatic rings. The first kappa shape index (κ1) is 12.4. The fraction of sp³-hybridized carbons (Fsp3) is 0.462. The van der Waals surface area contributed by atoms with Gasteiger partial charge in [0, 0.05) is 11.3 Å². The molecule has 0 fully saturated rings. The molecule has 0 aromatic heterocycles. The molecule has 1 heterocycles. The number of hydrogen-bond acceptors (Lipinski definition) is 3. The first-order chi connectivity index (χ1) is 8.06. The lowest BCUT2D eigenvalue weighted by molar-refractivity contribution is 0.0968. The third-order valence-corrected chi connectivity index (χ3v) is 4.53. The monoisotopic (exact) mass is 254 g/mol. The summed E-state index contributed by atoms with van der Waals surface area (Å²) >= 11 is 1.56. The normalized spacial score (nSPS) is 19.4. The first-order valence-corrected chi connectivity index (χ1v) is 6.62. The van der Waals surface area contributed by atoms with Crippen molar-refractivity contribution in [2.45, 2.75) is 24.9 Å². The minimum absolute atomic E-state index is 0.109. The van der Waals surface area contributed by atoms with Gasteiger partial charge in [-0.25, -0.2) is 4.39 Å². The van der Waals surface area contributed by atoms with Gasteiger partial charge < -0.3 is 4.74 Å². The molecule has 0 saturated carbocycles. The Hall–Kier alpha value is -1.03. The molecule has 0 amide bonds. The SMILES string of the molecule is COc1ccc(F)c2c1CSC(C(C)C)C2=O. The van der Waals surface area contributed by atoms with Crippen molar-refractivity contribution in [1.82, 2.24) is 0 Å². The van der Waals surface area contributed by atoms with Gasteiger partial charge in [0.1, 0.15) is 11.6 Å². The van der Waals surface area contributed by atoms with E-state index in [-0.39, 0.29) is 22.5 Å². The summed E-state index contributed by atoms with van der Waals surface area (Å²) in [6.07, 6.45) is 0. The molecule has 1 atom stereocenters. The van der Waals surface area contributed by atoms with Gasteiger partial charge >= 0.3 is 0 Å². The smallest absolute Gasteiger partial charge is 0.179 e. The van der Waals surface area contributed by atoms with Gasteiger partial charge in [-0.3, -0.25) is 4.79 Å². The Morgan fingerprint density at radius 2 is 2.18 bits per heavy atom. The quantitative estimate of drug-likeness (QED) is 0.810. The van der Waals surface area contributed by atoms with Gasteiger partial charge in [0.25, 0.3) is 0 Å². The number of thioether (sulfide) groups is 1. The summed E-state index contributed by atoms with van der Waals surface area (Å²) in [5.74, 6) is 0.903. The molecule has 0 saturated heterocycles. The molecular formula is C13H15FO2S. The Morgan fingerprint density at radius 3 is 2.76 bits per heavy atom. The molecule has 92 valence electrons. The molecule has 0 N–H and O–H groups in total. The number of rotatable bonds is 2. The lowest BCUT2D eigenvalue weighted by atomic mass is 9.95. The number of carbonyl (C=O) groups excluding carboxylic acids is 1. The van der Waals surface area contributed by atoms with Crippen LogP contribution in [0.15, 0.2) is 12.1 Å². The van der Waals surface area contributed by atoms with Crippen LogP contribution < -0.4 is 4.74 Å². The molecule has 1 unspecified atom stereocenters. The Labute approximate surface area is 105 Å². The van der Waals surface area contributed by atoms with E-state index in [1.807, 2.05) is 13.8 Å². The summed E-state index contributed by atoms with van der Waals surface area (Å²) in [5.41, 5.74) is 0.918. The number of fused-ring (bicyclic) bond motifs is 1. The Morgan fingerprint density at radius 1 is 1.47 bits per heavy atom. The lowest BCUT2D eigenvalue weighted by Crippen LogP contribution is -2.29. The summed E-state index contributed by atoms with van der Waals surface area (Å²) in [6, 6.07) is 2.89. The van der Waals surface area contributed by atoms with Crippen molar-refractivity contribution >= 4 is 17.5 Å². The number of ketones is 1. The van der Waals surface area contributed by atoms with Gasteiger partial charge in [0.15, 0.2) is 5.78 Å². The van der Waals surface area contributed by atoms with Crippen LogP contribution in [0.25, 0.3) is 0 Å². The van der Waals surface area contributed by atoms with E-state index >= 15 is 0 Å². The largest absolute Gasteiger partial charge is 0.496 e. The van der Waals surface area contributed by atoms with Crippen molar-refractivity contribution in [3.63, 3.8) is 0 Å². The number of benzene rings is 1. The molecule has 2 rings (SSSR count). The number of Topliss-reactive ketones (excluding diaryl/α,β-unsaturated/α-hetero) is 1. The predicted octanol–water partition coefficient (Wildman–Crippen LogP) is 3.29. The standard InChI is InChI=1S/C13H15FO2S/c1-7(2)13-12(15)11-8(6-17-13)10(16-3)5-4-9(11)14/h4-5,7,13H,6H2,1-3H3. The van der Waals surface area contributed by atoms with Crippen molar-refractivity contribution in [2.24, 2.45) is 5.92 Å². The van der Waals surface area contributed by atoms with Crippen molar-refractivity contribution in [1.29, 1.82) is 0 Å². The van der Waals surface area contributed by atoms with Gasteiger partial charge in [0.05, 0.1) is 17.9 Å². The summed E-state index contributed by atoms with van der Waals surface area (Å²) in [4.78, 5) is 12.2. The number of hydrogen-bond donors (Lipinski definition) is 0. The van der Waals surface area contributed by atoms with Crippen LogP contribution in [-0.4, -0.2) is 18.1 Å². The summed E-state index contributed by atoms with van der Waals surface area (Å²) < 4.78 is 19.0. The van der Waals surface area contributed by atoms with Crippen molar-refractivity contribution in [3.8, 4) is 5.75 Å². The van der Waals surface area contributed by atoms with Crippen LogP contribution in [0.4, 0.5) is 4.39 Å². The Bertz CT molecular complexity index is 457. The maximum Gasteiger partial charge on any atom is 0.179 e. The highest BCUT2D eigenvalue weighted by molar-refractivity contribution is 8.00. The van der Waals surface area contributed by atoms with E-state index in [0.717, 1.165) is 0 Å². The van der Waals surface area contributed by atoms with E-state index in [4.69, 9.17) is 4.74 Å². The minimum atomic E-state index is -0.434. The van der Waals surface area contributed by atoms with Crippen LogP contribution in [0.2, 0.25) is 0 Å². The summed E-state index contributed by atoms with van der Waals surface area (Å²) in [5, 5.41) is -0.149. The first-order valence-electron chi connectivity index (χ1n) is 5.57. The molecule has 0 bridgehead atoms. The van der Waals surface area contributed by atoms with Gasteiger partial charge in [-0.05, 0) is 18.1 Å². The van der Waals surface area contributed by atoms with Crippen LogP contribution >= 0.6 is 11.8 Å². The lowest BCUT2D eigenvalue weighted by Gasteiger charge is -2.27. The number of carbonyl (C=O) groups is 1. The summed E-state index contributed by atoms with van der Waals surface area (Å²) in [6.45, 7) is 3.97. The average Bonchev–Trinajstić information content (AvgIpc) is 2.29. The Balaban J connectivity index is 2.52. The minimum Gasteiger partial charge on any atom is -0.496 e. The second kappa shape index (κ2) is 4.69. The fourth-order valence-electron chi connectivity index (χ4n) is 2.09. The van der Waals surface area contributed by atoms with Crippen LogP contribution in [0.5, 0.6) is 5.75 Å². The third kappa shape index (κ3) is 2.06. The van der Waals surface area contributed by atoms with E-state index in [2.05, 4.69) is 0 Å². The van der Waals surface area contributed by atoms with Crippen molar-refractivity contribution in [2.75, 3.05) is 7.11 Å². The molecule has 1 aromatic rings. The van der Waals surface area contributed by atoms with Crippen LogP contribution in [0, 0.1) is 11.7 Å². The van der Waals surface area contributed by atoms with E-state index < -0.39 is 5.82 Å². The van der Waals surface area contributed by atoms with E-state index in [0.29, 0.717) is 17.1 Å². The molecule has 2 nitrogen and oxygen atoms in total. The van der Waals surface area contributed by atoms with Gasteiger partial charge in [-0.1, -0.05) is 13.8 Å². The van der Waals surface area contributed by atoms with Crippen molar-refractivity contribution < 1.29 is 13.9 Å². The predicted molar refractivity (Wildman–Crippen MR) is 67.2 cm³/mol. The van der Waals surface area contributed by atoms with E-state index in [1.165, 1.54) is 13.2 Å². The average molecular weight is 254 g/mol. The topological polar surface area (TPSA) is 26.3 Å². The highest BCUT2D eigenvalue weighted by Gasteiger charge is 2.34. The highest BCUT2D eigenvalue weighted by Crippen LogP contribution is 2.39. The van der Waals surface area contributed by atoms with Gasteiger partial charge in [-0.2, -0.15) is 0 Å². The molecule has 0 spiro atoms. The second-order valence-corrected chi connectivity index (χ2v) is 5.57.